The molecule has 2 aromatic carbocycles. The number of nitrogens with one attached hydrogen (secondary N) is 1. The summed E-state index contributed by atoms with van der Waals surface area (Å²) in [6, 6.07) is 18.2. The van der Waals surface area contributed by atoms with Crippen molar-refractivity contribution in [1.82, 2.24) is 5.32 Å². The molecule has 0 aliphatic rings. The second kappa shape index (κ2) is 13.2. The molecular weight excluding hydrogens is 226 g/mol. The van der Waals surface area contributed by atoms with Crippen LogP contribution in [-0.4, -0.2) is 14.1 Å². The first-order valence-corrected chi connectivity index (χ1v) is 4.74. The molecule has 0 amide bonds. The van der Waals surface area contributed by atoms with Crippen LogP contribution in [0.5, 0.6) is 0 Å². The Bertz CT molecular complexity index is 241. The Kier molecular flexibility index (Phi) is 14.6. The summed E-state index contributed by atoms with van der Waals surface area (Å²) in [5.41, 5.74) is 1.34. The van der Waals surface area contributed by atoms with Gasteiger partial charge in [-0.1, -0.05) is 6.92 Å². The molecule has 0 aliphatic carbocycles. The molecular formula is C13H19FeN-6. The fraction of sp³-hybridized carbons (Fsp3) is 0.231. The van der Waals surface area contributed by atoms with Gasteiger partial charge in [-0.15, -0.1) is 0 Å². The van der Waals surface area contributed by atoms with Crippen molar-refractivity contribution in [2.45, 2.75) is 6.92 Å². The van der Waals surface area contributed by atoms with Gasteiger partial charge >= 0.3 is 0 Å². The molecule has 0 heterocycles. The summed E-state index contributed by atoms with van der Waals surface area (Å²) in [4.78, 5) is 0. The first-order valence-electron chi connectivity index (χ1n) is 4.74. The van der Waals surface area contributed by atoms with Crippen LogP contribution in [0.15, 0.2) is 54.6 Å². The zero-order valence-corrected chi connectivity index (χ0v) is 10.7. The van der Waals surface area contributed by atoms with Gasteiger partial charge in [-0.05, 0) is 14.1 Å². The van der Waals surface area contributed by atoms with Crippen LogP contribution in [0, 0.1) is 6.92 Å². The van der Waals surface area contributed by atoms with E-state index >= 15 is 0 Å². The van der Waals surface area contributed by atoms with E-state index in [1.165, 1.54) is 5.56 Å². The summed E-state index contributed by atoms with van der Waals surface area (Å²) in [5, 5.41) is 2.75. The van der Waals surface area contributed by atoms with Crippen molar-refractivity contribution >= 4 is 0 Å². The Hall–Kier alpha value is -0.821. The van der Waals surface area contributed by atoms with E-state index in [2.05, 4.69) is 24.4 Å². The summed E-state index contributed by atoms with van der Waals surface area (Å²) < 4.78 is 0. The number of rotatable bonds is 0. The molecule has 0 atom stereocenters. The summed E-state index contributed by atoms with van der Waals surface area (Å²) in [5.74, 6) is 0. The predicted molar refractivity (Wildman–Crippen MR) is 63.8 cm³/mol. The largest absolute Gasteiger partial charge is 0.748 e. The minimum atomic E-state index is 0. The molecule has 0 radical (unpaired) electrons. The number of hydrogen-bond acceptors (Lipinski definition) is 1. The monoisotopic (exact) mass is 245 g/mol. The molecule has 0 saturated carbocycles. The van der Waals surface area contributed by atoms with Gasteiger partial charge in [0.1, 0.15) is 0 Å². The maximum absolute atomic E-state index is 2.75. The van der Waals surface area contributed by atoms with Crippen LogP contribution >= 0.6 is 0 Å². The van der Waals surface area contributed by atoms with Crippen molar-refractivity contribution in [3.63, 3.8) is 0 Å². The van der Waals surface area contributed by atoms with Gasteiger partial charge < -0.3 is 35.6 Å². The summed E-state index contributed by atoms with van der Waals surface area (Å²) in [6.07, 6.45) is 0. The molecule has 1 N–H and O–H groups in total. The first-order chi connectivity index (χ1) is 6.81. The zero-order valence-electron chi connectivity index (χ0n) is 9.55. The third kappa shape index (κ3) is 13.2. The van der Waals surface area contributed by atoms with Crippen LogP contribution in [0.25, 0.3) is 0 Å². The van der Waals surface area contributed by atoms with E-state index in [1.807, 2.05) is 56.6 Å². The van der Waals surface area contributed by atoms with Crippen molar-refractivity contribution in [1.29, 1.82) is 0 Å². The van der Waals surface area contributed by atoms with Crippen molar-refractivity contribution in [2.24, 2.45) is 0 Å². The quantitative estimate of drug-likeness (QED) is 0.555. The van der Waals surface area contributed by atoms with Crippen LogP contribution < -0.4 is 5.32 Å². The predicted octanol–water partition coefficient (Wildman–Crippen LogP) is 2.95. The van der Waals surface area contributed by atoms with E-state index in [9.17, 15) is 0 Å². The maximum atomic E-state index is 2.75. The van der Waals surface area contributed by atoms with Crippen molar-refractivity contribution < 1.29 is 17.1 Å². The molecule has 0 aliphatic heterocycles. The molecule has 0 unspecified atom stereocenters. The zero-order chi connectivity index (χ0) is 10.6. The molecule has 15 heavy (non-hydrogen) atoms. The smallest absolute Gasteiger partial charge is 0 e. The van der Waals surface area contributed by atoms with E-state index < -0.39 is 0 Å². The van der Waals surface area contributed by atoms with Crippen LogP contribution in [0.1, 0.15) is 5.56 Å². The van der Waals surface area contributed by atoms with Crippen molar-refractivity contribution in [2.75, 3.05) is 14.1 Å². The van der Waals surface area contributed by atoms with E-state index in [0.717, 1.165) is 0 Å². The summed E-state index contributed by atoms with van der Waals surface area (Å²) >= 11 is 0. The Morgan fingerprint density at radius 3 is 1.27 bits per heavy atom. The van der Waals surface area contributed by atoms with Gasteiger partial charge in [0, 0.05) is 17.1 Å². The van der Waals surface area contributed by atoms with Crippen LogP contribution in [0.4, 0.5) is 0 Å². The minimum absolute atomic E-state index is 0. The second-order valence-electron chi connectivity index (χ2n) is 2.92. The molecule has 0 bridgehead atoms. The van der Waals surface area contributed by atoms with Gasteiger partial charge in [0.2, 0.25) is 0 Å². The van der Waals surface area contributed by atoms with E-state index in [-0.39, 0.29) is 17.1 Å². The normalized spacial score (nSPS) is 7.40. The molecule has 90 valence electrons. The van der Waals surface area contributed by atoms with Gasteiger partial charge in [0.05, 0.1) is 0 Å². The van der Waals surface area contributed by atoms with Crippen molar-refractivity contribution in [3.05, 3.63) is 60.2 Å². The van der Waals surface area contributed by atoms with E-state index in [0.29, 0.717) is 0 Å². The third-order valence-electron chi connectivity index (χ3n) is 1.38. The minimum Gasteiger partial charge on any atom is -0.748 e. The van der Waals surface area contributed by atoms with Gasteiger partial charge in [-0.25, -0.2) is 12.1 Å². The number of hydrogen-bond donors (Lipinski definition) is 1. The van der Waals surface area contributed by atoms with Crippen LogP contribution in [-0.2, 0) is 17.1 Å². The summed E-state index contributed by atoms with van der Waals surface area (Å²) in [7, 11) is 3.75. The van der Waals surface area contributed by atoms with Gasteiger partial charge in [0.25, 0.3) is 0 Å². The maximum Gasteiger partial charge on any atom is 0 e. The fourth-order valence-electron chi connectivity index (χ4n) is 0.791. The first kappa shape index (κ1) is 16.6. The Labute approximate surface area is 104 Å². The van der Waals surface area contributed by atoms with E-state index in [1.54, 1.807) is 0 Å². The van der Waals surface area contributed by atoms with Crippen LogP contribution in [0.3, 0.4) is 0 Å². The fourth-order valence-corrected chi connectivity index (χ4v) is 0.791. The summed E-state index contributed by atoms with van der Waals surface area (Å²) in [6.45, 7) is 2.08. The Morgan fingerprint density at radius 2 is 1.13 bits per heavy atom. The van der Waals surface area contributed by atoms with Gasteiger partial charge in [-0.2, -0.15) is 17.7 Å². The van der Waals surface area contributed by atoms with E-state index in [4.69, 9.17) is 0 Å². The second-order valence-corrected chi connectivity index (χ2v) is 2.92. The Morgan fingerprint density at radius 1 is 0.867 bits per heavy atom. The Balaban J connectivity index is 0. The molecule has 0 fully saturated rings. The standard InChI is InChI=1S/C6H7.C5H5.C2H7N.Fe/c1-6-4-2-3-5-6;1-2-4-5-3-1;1-3-2;/h2-5H,1H3;1-5H;3H,1-2H3;/q-1;-5;;. The molecule has 0 aromatic heterocycles. The average molecular weight is 245 g/mol. The van der Waals surface area contributed by atoms with Gasteiger partial charge in [0.15, 0.2) is 0 Å². The molecule has 2 heteroatoms. The average Bonchev–Trinajstić information content (AvgIpc) is 2.78. The van der Waals surface area contributed by atoms with Crippen LogP contribution in [0.2, 0.25) is 0 Å². The molecule has 0 spiro atoms. The molecule has 2 rings (SSSR count). The topological polar surface area (TPSA) is 12.0 Å². The molecule has 1 nitrogen and oxygen atoms in total. The molecule has 0 saturated heterocycles. The van der Waals surface area contributed by atoms with Crippen molar-refractivity contribution in [3.8, 4) is 0 Å². The third-order valence-corrected chi connectivity index (χ3v) is 1.38. The van der Waals surface area contributed by atoms with Gasteiger partial charge in [-0.3, -0.25) is 0 Å². The SMILES string of the molecule is CNC.C[c-]1cccc1.[Fe].[cH-]1[cH-][cH-][cH-][cH-]1. The number of aryl methyl sites for hydroxylation is 1. The molecule has 2 aromatic rings.